The normalized spacial score (nSPS) is 16.0. The lowest BCUT2D eigenvalue weighted by molar-refractivity contribution is -0.133. The molecule has 1 fully saturated rings. The van der Waals surface area contributed by atoms with Crippen LogP contribution in [0.15, 0.2) is 48.5 Å². The number of nitrogens with zero attached hydrogens (tertiary/aromatic N) is 1. The maximum atomic E-state index is 12.4. The number of likely N-dealkylation sites (tertiary alicyclic amines) is 1. The fraction of sp³-hybridized carbons (Fsp3) is 0.250. The zero-order valence-corrected chi connectivity index (χ0v) is 15.3. The molecule has 0 spiro atoms. The average Bonchev–Trinajstić information content (AvgIpc) is 3.17. The van der Waals surface area contributed by atoms with Gasteiger partial charge in [0.2, 0.25) is 5.91 Å². The number of benzene rings is 2. The number of ether oxygens (including phenoxy) is 1. The SMILES string of the molecule is O=C[C@@H]1CCCN1C(=O)CNC(=O)c1cccc(Oc2ccccc2)c1Cl. The first-order chi connectivity index (χ1) is 13.1. The molecule has 1 aliphatic heterocycles. The van der Waals surface area contributed by atoms with Gasteiger partial charge in [-0.15, -0.1) is 0 Å². The van der Waals surface area contributed by atoms with E-state index in [-0.39, 0.29) is 23.0 Å². The van der Waals surface area contributed by atoms with E-state index in [1.165, 1.54) is 4.90 Å². The van der Waals surface area contributed by atoms with Crippen LogP contribution >= 0.6 is 11.6 Å². The van der Waals surface area contributed by atoms with Crippen molar-refractivity contribution < 1.29 is 19.1 Å². The molecule has 0 aromatic heterocycles. The molecule has 6 nitrogen and oxygen atoms in total. The van der Waals surface area contributed by atoms with Crippen LogP contribution in [0.4, 0.5) is 0 Å². The van der Waals surface area contributed by atoms with Gasteiger partial charge in [-0.2, -0.15) is 0 Å². The summed E-state index contributed by atoms with van der Waals surface area (Å²) in [6, 6.07) is 13.6. The highest BCUT2D eigenvalue weighted by atomic mass is 35.5. The lowest BCUT2D eigenvalue weighted by Gasteiger charge is -2.20. The van der Waals surface area contributed by atoms with E-state index < -0.39 is 11.9 Å². The van der Waals surface area contributed by atoms with Crippen molar-refractivity contribution >= 4 is 29.7 Å². The van der Waals surface area contributed by atoms with E-state index in [4.69, 9.17) is 16.3 Å². The Morgan fingerprint density at radius 3 is 2.70 bits per heavy atom. The first-order valence-electron chi connectivity index (χ1n) is 8.64. The van der Waals surface area contributed by atoms with Gasteiger partial charge in [-0.05, 0) is 37.1 Å². The molecule has 27 heavy (non-hydrogen) atoms. The molecule has 1 atom stereocenters. The standard InChI is InChI=1S/C20H19ClN2O4/c21-19-16(9-4-10-17(19)27-15-7-2-1-3-8-15)20(26)22-12-18(25)23-11-5-6-14(23)13-24/h1-4,7-10,13-14H,5-6,11-12H2,(H,22,26)/t14-/m0/s1. The summed E-state index contributed by atoms with van der Waals surface area (Å²) in [6.07, 6.45) is 2.22. The van der Waals surface area contributed by atoms with Gasteiger partial charge in [-0.3, -0.25) is 9.59 Å². The maximum Gasteiger partial charge on any atom is 0.253 e. The number of para-hydroxylation sites is 1. The molecular weight excluding hydrogens is 368 g/mol. The molecule has 7 heteroatoms. The molecule has 3 rings (SSSR count). The third kappa shape index (κ3) is 4.46. The number of halogens is 1. The Hall–Kier alpha value is -2.86. The summed E-state index contributed by atoms with van der Waals surface area (Å²) in [6.45, 7) is 0.336. The van der Waals surface area contributed by atoms with Crippen LogP contribution in [0.3, 0.4) is 0 Å². The Morgan fingerprint density at radius 2 is 1.96 bits per heavy atom. The van der Waals surface area contributed by atoms with Crippen LogP contribution in [0.5, 0.6) is 11.5 Å². The summed E-state index contributed by atoms with van der Waals surface area (Å²) in [4.78, 5) is 37.2. The second-order valence-electron chi connectivity index (χ2n) is 6.15. The second kappa shape index (κ2) is 8.68. The number of rotatable bonds is 6. The van der Waals surface area contributed by atoms with Crippen LogP contribution in [0.25, 0.3) is 0 Å². The van der Waals surface area contributed by atoms with Crippen molar-refractivity contribution in [3.8, 4) is 11.5 Å². The molecule has 0 saturated carbocycles. The minimum absolute atomic E-state index is 0.165. The number of carbonyl (C=O) groups excluding carboxylic acids is 3. The molecule has 1 aliphatic rings. The molecular formula is C20H19ClN2O4. The van der Waals surface area contributed by atoms with Gasteiger partial charge in [0.1, 0.15) is 17.8 Å². The summed E-state index contributed by atoms with van der Waals surface area (Å²) in [7, 11) is 0. The van der Waals surface area contributed by atoms with Crippen molar-refractivity contribution in [1.29, 1.82) is 0 Å². The molecule has 0 aliphatic carbocycles. The van der Waals surface area contributed by atoms with Crippen LogP contribution in [-0.4, -0.2) is 42.1 Å². The number of nitrogens with one attached hydrogen (secondary N) is 1. The van der Waals surface area contributed by atoms with Gasteiger partial charge >= 0.3 is 0 Å². The van der Waals surface area contributed by atoms with Gasteiger partial charge in [-0.1, -0.05) is 35.9 Å². The first-order valence-corrected chi connectivity index (χ1v) is 9.02. The summed E-state index contributed by atoms with van der Waals surface area (Å²) in [5, 5.41) is 2.73. The van der Waals surface area contributed by atoms with E-state index in [1.807, 2.05) is 18.2 Å². The van der Waals surface area contributed by atoms with Crippen LogP contribution in [0.2, 0.25) is 5.02 Å². The molecule has 0 unspecified atom stereocenters. The van der Waals surface area contributed by atoms with Crippen molar-refractivity contribution in [3.63, 3.8) is 0 Å². The van der Waals surface area contributed by atoms with Crippen LogP contribution in [-0.2, 0) is 9.59 Å². The van der Waals surface area contributed by atoms with E-state index in [2.05, 4.69) is 5.32 Å². The predicted molar refractivity (Wildman–Crippen MR) is 101 cm³/mol. The molecule has 0 radical (unpaired) electrons. The van der Waals surface area contributed by atoms with Crippen molar-refractivity contribution in [2.24, 2.45) is 0 Å². The van der Waals surface area contributed by atoms with Gasteiger partial charge < -0.3 is 19.7 Å². The largest absolute Gasteiger partial charge is 0.456 e. The third-order valence-corrected chi connectivity index (χ3v) is 4.75. The lowest BCUT2D eigenvalue weighted by atomic mass is 10.2. The van der Waals surface area contributed by atoms with E-state index in [0.717, 1.165) is 12.7 Å². The minimum atomic E-state index is -0.478. The number of amides is 2. The van der Waals surface area contributed by atoms with Gasteiger partial charge in [0, 0.05) is 6.54 Å². The molecule has 140 valence electrons. The first kappa shape index (κ1) is 18.9. The predicted octanol–water partition coefficient (Wildman–Crippen LogP) is 3.05. The quantitative estimate of drug-likeness (QED) is 0.774. The molecule has 0 bridgehead atoms. The van der Waals surface area contributed by atoms with Crippen LogP contribution in [0.1, 0.15) is 23.2 Å². The molecule has 2 amide bonds. The molecule has 1 saturated heterocycles. The molecule has 2 aromatic carbocycles. The Morgan fingerprint density at radius 1 is 1.19 bits per heavy atom. The lowest BCUT2D eigenvalue weighted by Crippen LogP contribution is -2.43. The highest BCUT2D eigenvalue weighted by Gasteiger charge is 2.28. The van der Waals surface area contributed by atoms with E-state index in [1.54, 1.807) is 30.3 Å². The number of hydrogen-bond acceptors (Lipinski definition) is 4. The summed E-state index contributed by atoms with van der Waals surface area (Å²) >= 11 is 6.31. The van der Waals surface area contributed by atoms with Crippen LogP contribution in [0, 0.1) is 0 Å². The van der Waals surface area contributed by atoms with Crippen molar-refractivity contribution in [2.75, 3.05) is 13.1 Å². The zero-order valence-electron chi connectivity index (χ0n) is 14.6. The Kier molecular flexibility index (Phi) is 6.08. The summed E-state index contributed by atoms with van der Waals surface area (Å²) < 4.78 is 5.71. The summed E-state index contributed by atoms with van der Waals surface area (Å²) in [5.74, 6) is 0.183. The van der Waals surface area contributed by atoms with Gasteiger partial charge in [0.15, 0.2) is 0 Å². The van der Waals surface area contributed by atoms with E-state index in [0.29, 0.717) is 24.5 Å². The van der Waals surface area contributed by atoms with Gasteiger partial charge in [0.25, 0.3) is 5.91 Å². The Balaban J connectivity index is 1.65. The fourth-order valence-corrected chi connectivity index (χ4v) is 3.23. The fourth-order valence-electron chi connectivity index (χ4n) is 2.98. The maximum absolute atomic E-state index is 12.4. The van der Waals surface area contributed by atoms with Gasteiger partial charge in [-0.25, -0.2) is 0 Å². The van der Waals surface area contributed by atoms with Crippen molar-refractivity contribution in [1.82, 2.24) is 10.2 Å². The van der Waals surface area contributed by atoms with Crippen molar-refractivity contribution in [3.05, 3.63) is 59.1 Å². The number of hydrogen-bond donors (Lipinski definition) is 1. The Bertz CT molecular complexity index is 841. The highest BCUT2D eigenvalue weighted by molar-refractivity contribution is 6.35. The molecule has 1 heterocycles. The van der Waals surface area contributed by atoms with Crippen molar-refractivity contribution in [2.45, 2.75) is 18.9 Å². The van der Waals surface area contributed by atoms with E-state index in [9.17, 15) is 14.4 Å². The third-order valence-electron chi connectivity index (χ3n) is 4.36. The van der Waals surface area contributed by atoms with Crippen LogP contribution < -0.4 is 10.1 Å². The highest BCUT2D eigenvalue weighted by Crippen LogP contribution is 2.32. The molecule has 1 N–H and O–H groups in total. The smallest absolute Gasteiger partial charge is 0.253 e. The molecule has 2 aromatic rings. The average molecular weight is 387 g/mol. The van der Waals surface area contributed by atoms with Gasteiger partial charge in [0.05, 0.1) is 23.2 Å². The second-order valence-corrected chi connectivity index (χ2v) is 6.53. The topological polar surface area (TPSA) is 75.7 Å². The number of aldehydes is 1. The monoisotopic (exact) mass is 386 g/mol. The van der Waals surface area contributed by atoms with E-state index >= 15 is 0 Å². The minimum Gasteiger partial charge on any atom is -0.456 e. The zero-order chi connectivity index (χ0) is 19.2. The number of carbonyl (C=O) groups is 3. The Labute approximate surface area is 162 Å². The summed E-state index contributed by atoms with van der Waals surface area (Å²) in [5.41, 5.74) is 0.214.